The molecule has 0 saturated carbocycles. The van der Waals surface area contributed by atoms with Gasteiger partial charge in [-0.05, 0) is 103 Å². The number of ether oxygens (including phenoxy) is 3. The number of hydrogen-bond donors (Lipinski definition) is 0. The molecular formula is C61H104O6. The first kappa shape index (κ1) is 63.6. The van der Waals surface area contributed by atoms with E-state index in [1.807, 2.05) is 0 Å². The maximum atomic E-state index is 12.8. The van der Waals surface area contributed by atoms with Crippen molar-refractivity contribution < 1.29 is 28.6 Å². The average molecular weight is 933 g/mol. The van der Waals surface area contributed by atoms with Gasteiger partial charge in [-0.2, -0.15) is 0 Å². The SMILES string of the molecule is CCCCC/C=C\C/C=C\C/C=C\C/C=C\CCCCCC(=O)OC[C@@H](COC(=O)CCCCCCCCCCCCCCCCC)OC(=O)CCCC/C=C\C/C=C\C/C=C\CCCCC. The Morgan fingerprint density at radius 3 is 0.896 bits per heavy atom. The molecule has 0 spiro atoms. The Morgan fingerprint density at radius 2 is 0.537 bits per heavy atom. The highest BCUT2D eigenvalue weighted by Gasteiger charge is 2.19. The second-order valence-electron chi connectivity index (χ2n) is 18.5. The summed E-state index contributed by atoms with van der Waals surface area (Å²) in [5.74, 6) is -0.967. The van der Waals surface area contributed by atoms with Gasteiger partial charge in [0.15, 0.2) is 6.10 Å². The smallest absolute Gasteiger partial charge is 0.306 e. The normalized spacial score (nSPS) is 12.7. The third-order valence-corrected chi connectivity index (χ3v) is 11.9. The monoisotopic (exact) mass is 933 g/mol. The summed E-state index contributed by atoms with van der Waals surface area (Å²) in [5, 5.41) is 0. The van der Waals surface area contributed by atoms with Crippen molar-refractivity contribution in [1.82, 2.24) is 0 Å². The van der Waals surface area contributed by atoms with Gasteiger partial charge in [0.25, 0.3) is 0 Å². The van der Waals surface area contributed by atoms with Gasteiger partial charge in [-0.1, -0.05) is 228 Å². The summed E-state index contributed by atoms with van der Waals surface area (Å²) < 4.78 is 16.8. The molecule has 0 aromatic heterocycles. The van der Waals surface area contributed by atoms with Gasteiger partial charge >= 0.3 is 17.9 Å². The highest BCUT2D eigenvalue weighted by atomic mass is 16.6. The van der Waals surface area contributed by atoms with Crippen molar-refractivity contribution in [3.8, 4) is 0 Å². The van der Waals surface area contributed by atoms with Gasteiger partial charge in [0.2, 0.25) is 0 Å². The Labute approximate surface area is 414 Å². The van der Waals surface area contributed by atoms with Gasteiger partial charge in [-0.3, -0.25) is 14.4 Å². The molecule has 0 radical (unpaired) electrons. The van der Waals surface area contributed by atoms with E-state index in [0.29, 0.717) is 19.3 Å². The zero-order valence-electron chi connectivity index (χ0n) is 43.9. The first-order valence-electron chi connectivity index (χ1n) is 28.1. The van der Waals surface area contributed by atoms with Crippen molar-refractivity contribution in [2.24, 2.45) is 0 Å². The third-order valence-electron chi connectivity index (χ3n) is 11.9. The molecule has 67 heavy (non-hydrogen) atoms. The van der Waals surface area contributed by atoms with Gasteiger partial charge in [0.05, 0.1) is 0 Å². The zero-order valence-corrected chi connectivity index (χ0v) is 43.9. The number of unbranched alkanes of at least 4 members (excludes halogenated alkanes) is 25. The van der Waals surface area contributed by atoms with Gasteiger partial charge in [-0.25, -0.2) is 0 Å². The predicted octanol–water partition coefficient (Wildman–Crippen LogP) is 18.8. The van der Waals surface area contributed by atoms with Crippen molar-refractivity contribution in [2.75, 3.05) is 13.2 Å². The molecule has 0 unspecified atom stereocenters. The van der Waals surface area contributed by atoms with Crippen molar-refractivity contribution in [2.45, 2.75) is 271 Å². The number of rotatable bonds is 50. The lowest BCUT2D eigenvalue weighted by Gasteiger charge is -2.18. The second-order valence-corrected chi connectivity index (χ2v) is 18.5. The molecule has 0 rings (SSSR count). The van der Waals surface area contributed by atoms with Crippen LogP contribution in [0.5, 0.6) is 0 Å². The minimum atomic E-state index is -0.809. The van der Waals surface area contributed by atoms with Crippen molar-refractivity contribution >= 4 is 17.9 Å². The fraction of sp³-hybridized carbons (Fsp3) is 0.721. The van der Waals surface area contributed by atoms with E-state index in [0.717, 1.165) is 89.9 Å². The lowest BCUT2D eigenvalue weighted by atomic mass is 10.0. The first-order valence-corrected chi connectivity index (χ1v) is 28.1. The second kappa shape index (κ2) is 55.2. The molecule has 0 amide bonds. The van der Waals surface area contributed by atoms with E-state index in [1.165, 1.54) is 128 Å². The molecule has 0 aliphatic heterocycles. The third kappa shape index (κ3) is 53.4. The van der Waals surface area contributed by atoms with Crippen LogP contribution in [0, 0.1) is 0 Å². The standard InChI is InChI=1S/C61H104O6/c1-4-7-10-13-16-19-22-25-28-29-30-31-34-36-39-42-45-48-51-54-60(63)66-57-58(67-61(64)55-52-49-46-43-40-37-33-27-24-21-18-15-12-9-6-3)56-65-59(62)53-50-47-44-41-38-35-32-26-23-20-17-14-11-8-5-2/h16,18-19,21,25,27-28,30-31,33,36,39-40,43,58H,4-15,17,20,22-24,26,29,32,34-35,37-38,41-42,44-57H2,1-3H3/b19-16-,21-18-,28-25-,31-30-,33-27-,39-36-,43-40-/t58-/m1/s1. The molecule has 0 aromatic carbocycles. The van der Waals surface area contributed by atoms with E-state index in [-0.39, 0.29) is 37.5 Å². The van der Waals surface area contributed by atoms with Gasteiger partial charge in [0, 0.05) is 19.3 Å². The van der Waals surface area contributed by atoms with Crippen LogP contribution in [0.3, 0.4) is 0 Å². The molecule has 0 heterocycles. The summed E-state index contributed by atoms with van der Waals surface area (Å²) in [5.41, 5.74) is 0. The number of allylic oxidation sites excluding steroid dienone is 14. The van der Waals surface area contributed by atoms with Crippen molar-refractivity contribution in [3.63, 3.8) is 0 Å². The predicted molar refractivity (Wildman–Crippen MR) is 288 cm³/mol. The maximum Gasteiger partial charge on any atom is 0.306 e. The molecule has 6 heteroatoms. The average Bonchev–Trinajstić information content (AvgIpc) is 3.33. The van der Waals surface area contributed by atoms with Crippen LogP contribution in [0.4, 0.5) is 0 Å². The van der Waals surface area contributed by atoms with Crippen LogP contribution in [0.15, 0.2) is 85.1 Å². The molecule has 0 saturated heterocycles. The van der Waals surface area contributed by atoms with Crippen LogP contribution >= 0.6 is 0 Å². The summed E-state index contributed by atoms with van der Waals surface area (Å²) in [6.45, 7) is 6.53. The summed E-state index contributed by atoms with van der Waals surface area (Å²) in [7, 11) is 0. The molecular weight excluding hydrogens is 829 g/mol. The van der Waals surface area contributed by atoms with Gasteiger partial charge in [0.1, 0.15) is 13.2 Å². The topological polar surface area (TPSA) is 78.9 Å². The molecule has 384 valence electrons. The number of hydrogen-bond acceptors (Lipinski definition) is 6. The molecule has 1 atom stereocenters. The van der Waals surface area contributed by atoms with E-state index in [1.54, 1.807) is 0 Å². The number of carbonyl (C=O) groups excluding carboxylic acids is 3. The Balaban J connectivity index is 4.49. The van der Waals surface area contributed by atoms with Crippen molar-refractivity contribution in [1.29, 1.82) is 0 Å². The van der Waals surface area contributed by atoms with Gasteiger partial charge in [-0.15, -0.1) is 0 Å². The van der Waals surface area contributed by atoms with Gasteiger partial charge < -0.3 is 14.2 Å². The Kier molecular flexibility index (Phi) is 52.4. The minimum absolute atomic E-state index is 0.101. The lowest BCUT2D eigenvalue weighted by Crippen LogP contribution is -2.30. The Bertz CT molecular complexity index is 1300. The minimum Gasteiger partial charge on any atom is -0.462 e. The lowest BCUT2D eigenvalue weighted by molar-refractivity contribution is -0.167. The van der Waals surface area contributed by atoms with E-state index < -0.39 is 6.10 Å². The van der Waals surface area contributed by atoms with Crippen LogP contribution in [-0.4, -0.2) is 37.2 Å². The fourth-order valence-electron chi connectivity index (χ4n) is 7.61. The summed E-state index contributed by atoms with van der Waals surface area (Å²) in [6, 6.07) is 0. The molecule has 6 nitrogen and oxygen atoms in total. The summed E-state index contributed by atoms with van der Waals surface area (Å²) >= 11 is 0. The number of carbonyl (C=O) groups is 3. The highest BCUT2D eigenvalue weighted by molar-refractivity contribution is 5.71. The summed E-state index contributed by atoms with van der Waals surface area (Å²) in [4.78, 5) is 38.1. The Hall–Kier alpha value is -3.41. The molecule has 0 N–H and O–H groups in total. The molecule has 0 aliphatic rings. The first-order chi connectivity index (χ1) is 33.0. The summed E-state index contributed by atoms with van der Waals surface area (Å²) in [6.07, 6.45) is 71.4. The quantitative estimate of drug-likeness (QED) is 0.0262. The van der Waals surface area contributed by atoms with Crippen LogP contribution in [0.25, 0.3) is 0 Å². The molecule has 0 aromatic rings. The maximum absolute atomic E-state index is 12.8. The van der Waals surface area contributed by atoms with E-state index in [9.17, 15) is 14.4 Å². The Morgan fingerprint density at radius 1 is 0.299 bits per heavy atom. The van der Waals surface area contributed by atoms with Crippen LogP contribution in [-0.2, 0) is 28.6 Å². The van der Waals surface area contributed by atoms with Crippen LogP contribution < -0.4 is 0 Å². The molecule has 0 bridgehead atoms. The van der Waals surface area contributed by atoms with Crippen LogP contribution in [0.1, 0.15) is 265 Å². The van der Waals surface area contributed by atoms with E-state index >= 15 is 0 Å². The zero-order chi connectivity index (χ0) is 48.6. The van der Waals surface area contributed by atoms with Crippen LogP contribution in [0.2, 0.25) is 0 Å². The fourth-order valence-corrected chi connectivity index (χ4v) is 7.61. The number of esters is 3. The highest BCUT2D eigenvalue weighted by Crippen LogP contribution is 2.15. The largest absolute Gasteiger partial charge is 0.462 e. The van der Waals surface area contributed by atoms with E-state index in [4.69, 9.17) is 14.2 Å². The van der Waals surface area contributed by atoms with E-state index in [2.05, 4.69) is 106 Å². The molecule has 0 fully saturated rings. The van der Waals surface area contributed by atoms with Crippen molar-refractivity contribution in [3.05, 3.63) is 85.1 Å². The molecule has 0 aliphatic carbocycles.